The molecule has 2 heteroatoms. The number of nitrogens with zero attached hydrogens (tertiary/aromatic N) is 1. The van der Waals surface area contributed by atoms with Gasteiger partial charge in [-0.15, -0.1) is 0 Å². The Labute approximate surface area is 92.3 Å². The molecule has 0 aliphatic heterocycles. The third kappa shape index (κ3) is 2.42. The summed E-state index contributed by atoms with van der Waals surface area (Å²) in [7, 11) is 1.98. The van der Waals surface area contributed by atoms with Crippen molar-refractivity contribution >= 4 is 5.91 Å². The first-order valence-corrected chi connectivity index (χ1v) is 6.12. The Morgan fingerprint density at radius 2 is 2.07 bits per heavy atom. The van der Waals surface area contributed by atoms with Crippen LogP contribution >= 0.6 is 0 Å². The standard InChI is InChI=1S/C13H21NO/c1-10(11-8-9-11)14(2)13(15)12-6-4-3-5-7-12/h3-4,10-12H,5-9H2,1-2H3. The van der Waals surface area contributed by atoms with E-state index in [-0.39, 0.29) is 5.92 Å². The van der Waals surface area contributed by atoms with Crippen molar-refractivity contribution in [3.8, 4) is 0 Å². The van der Waals surface area contributed by atoms with Crippen molar-refractivity contribution in [3.63, 3.8) is 0 Å². The van der Waals surface area contributed by atoms with Crippen molar-refractivity contribution in [1.29, 1.82) is 0 Å². The molecule has 0 spiro atoms. The van der Waals surface area contributed by atoms with Crippen molar-refractivity contribution in [1.82, 2.24) is 4.90 Å². The average Bonchev–Trinajstić information content (AvgIpc) is 3.11. The lowest BCUT2D eigenvalue weighted by atomic mass is 9.92. The molecule has 84 valence electrons. The van der Waals surface area contributed by atoms with Crippen molar-refractivity contribution in [2.24, 2.45) is 11.8 Å². The maximum absolute atomic E-state index is 12.2. The lowest BCUT2D eigenvalue weighted by Crippen LogP contribution is -2.40. The molecule has 15 heavy (non-hydrogen) atoms. The third-order valence-electron chi connectivity index (χ3n) is 3.88. The highest BCUT2D eigenvalue weighted by atomic mass is 16.2. The molecule has 0 aromatic heterocycles. The lowest BCUT2D eigenvalue weighted by molar-refractivity contribution is -0.136. The molecule has 0 heterocycles. The fraction of sp³-hybridized carbons (Fsp3) is 0.769. The van der Waals surface area contributed by atoms with Gasteiger partial charge in [0.15, 0.2) is 0 Å². The summed E-state index contributed by atoms with van der Waals surface area (Å²) >= 11 is 0. The van der Waals surface area contributed by atoms with E-state index in [1.54, 1.807) is 0 Å². The first-order valence-electron chi connectivity index (χ1n) is 6.12. The van der Waals surface area contributed by atoms with Crippen LogP contribution in [-0.4, -0.2) is 23.9 Å². The molecule has 2 unspecified atom stereocenters. The number of hydrogen-bond acceptors (Lipinski definition) is 1. The van der Waals surface area contributed by atoms with E-state index in [4.69, 9.17) is 0 Å². The molecule has 1 amide bonds. The molecule has 0 N–H and O–H groups in total. The SMILES string of the molecule is CC(C1CC1)N(C)C(=O)C1CC=CCC1. The topological polar surface area (TPSA) is 20.3 Å². The maximum atomic E-state index is 12.2. The van der Waals surface area contributed by atoms with E-state index in [2.05, 4.69) is 19.1 Å². The number of carbonyl (C=O) groups is 1. The van der Waals surface area contributed by atoms with Crippen LogP contribution in [0.3, 0.4) is 0 Å². The molecule has 0 aromatic carbocycles. The zero-order chi connectivity index (χ0) is 10.8. The van der Waals surface area contributed by atoms with Crippen LogP contribution in [-0.2, 0) is 4.79 Å². The van der Waals surface area contributed by atoms with Crippen molar-refractivity contribution in [2.45, 2.75) is 45.1 Å². The zero-order valence-electron chi connectivity index (χ0n) is 9.78. The summed E-state index contributed by atoms with van der Waals surface area (Å²) in [5, 5.41) is 0. The molecule has 2 nitrogen and oxygen atoms in total. The number of allylic oxidation sites excluding steroid dienone is 2. The van der Waals surface area contributed by atoms with Gasteiger partial charge in [0, 0.05) is 19.0 Å². The summed E-state index contributed by atoms with van der Waals surface area (Å²) in [6, 6.07) is 0.448. The van der Waals surface area contributed by atoms with E-state index in [9.17, 15) is 4.79 Å². The molecule has 1 fully saturated rings. The fourth-order valence-corrected chi connectivity index (χ4v) is 2.40. The molecule has 0 aromatic rings. The Balaban J connectivity index is 1.90. The van der Waals surface area contributed by atoms with Gasteiger partial charge >= 0.3 is 0 Å². The van der Waals surface area contributed by atoms with Crippen LogP contribution in [0.5, 0.6) is 0 Å². The Morgan fingerprint density at radius 3 is 2.60 bits per heavy atom. The van der Waals surface area contributed by atoms with Crippen LogP contribution < -0.4 is 0 Å². The molecule has 2 aliphatic carbocycles. The minimum absolute atomic E-state index is 0.251. The highest BCUT2D eigenvalue weighted by Crippen LogP contribution is 2.35. The minimum atomic E-state index is 0.251. The minimum Gasteiger partial charge on any atom is -0.343 e. The Kier molecular flexibility index (Phi) is 3.13. The van der Waals surface area contributed by atoms with Crippen LogP contribution in [0.25, 0.3) is 0 Å². The van der Waals surface area contributed by atoms with Crippen molar-refractivity contribution in [2.75, 3.05) is 7.05 Å². The van der Waals surface area contributed by atoms with Gasteiger partial charge in [-0.05, 0) is 44.9 Å². The summed E-state index contributed by atoms with van der Waals surface area (Å²) in [6.07, 6.45) is 10.0. The first-order chi connectivity index (χ1) is 7.20. The molecular weight excluding hydrogens is 186 g/mol. The molecule has 2 atom stereocenters. The predicted molar refractivity (Wildman–Crippen MR) is 61.4 cm³/mol. The molecule has 2 rings (SSSR count). The highest BCUT2D eigenvalue weighted by Gasteiger charge is 2.34. The fourth-order valence-electron chi connectivity index (χ4n) is 2.40. The molecule has 0 bridgehead atoms. The van der Waals surface area contributed by atoms with Gasteiger partial charge in [-0.3, -0.25) is 4.79 Å². The van der Waals surface area contributed by atoms with E-state index in [1.165, 1.54) is 12.8 Å². The van der Waals surface area contributed by atoms with Gasteiger partial charge in [0.25, 0.3) is 0 Å². The van der Waals surface area contributed by atoms with Crippen molar-refractivity contribution in [3.05, 3.63) is 12.2 Å². The van der Waals surface area contributed by atoms with E-state index in [1.807, 2.05) is 11.9 Å². The van der Waals surface area contributed by atoms with E-state index < -0.39 is 0 Å². The van der Waals surface area contributed by atoms with Crippen LogP contribution in [0.15, 0.2) is 12.2 Å². The Hall–Kier alpha value is -0.790. The molecule has 1 saturated carbocycles. The normalized spacial score (nSPS) is 27.5. The molecule has 0 saturated heterocycles. The van der Waals surface area contributed by atoms with E-state index in [0.717, 1.165) is 25.2 Å². The molecular formula is C13H21NO. The quantitative estimate of drug-likeness (QED) is 0.651. The Morgan fingerprint density at radius 1 is 1.33 bits per heavy atom. The monoisotopic (exact) mass is 207 g/mol. The largest absolute Gasteiger partial charge is 0.343 e. The smallest absolute Gasteiger partial charge is 0.225 e. The summed E-state index contributed by atoms with van der Waals surface area (Å²) < 4.78 is 0. The van der Waals surface area contributed by atoms with Gasteiger partial charge in [0.2, 0.25) is 5.91 Å². The number of rotatable bonds is 3. The molecule has 0 radical (unpaired) electrons. The van der Waals surface area contributed by atoms with Gasteiger partial charge in [-0.1, -0.05) is 12.2 Å². The van der Waals surface area contributed by atoms with Gasteiger partial charge in [-0.25, -0.2) is 0 Å². The summed E-state index contributed by atoms with van der Waals surface area (Å²) in [5.41, 5.74) is 0. The van der Waals surface area contributed by atoms with Crippen LogP contribution in [0.1, 0.15) is 39.0 Å². The third-order valence-corrected chi connectivity index (χ3v) is 3.88. The second-order valence-corrected chi connectivity index (χ2v) is 5.01. The van der Waals surface area contributed by atoms with Gasteiger partial charge in [0.1, 0.15) is 0 Å². The first kappa shape index (κ1) is 10.7. The summed E-state index contributed by atoms with van der Waals surface area (Å²) in [5.74, 6) is 1.39. The average molecular weight is 207 g/mol. The predicted octanol–water partition coefficient (Wildman–Crippen LogP) is 2.60. The Bertz CT molecular complexity index is 268. The van der Waals surface area contributed by atoms with Crippen molar-refractivity contribution < 1.29 is 4.79 Å². The summed E-state index contributed by atoms with van der Waals surface area (Å²) in [4.78, 5) is 14.2. The van der Waals surface area contributed by atoms with Crippen LogP contribution in [0.2, 0.25) is 0 Å². The number of carbonyl (C=O) groups excluding carboxylic acids is 1. The number of hydrogen-bond donors (Lipinski definition) is 0. The maximum Gasteiger partial charge on any atom is 0.225 e. The van der Waals surface area contributed by atoms with Crippen LogP contribution in [0, 0.1) is 11.8 Å². The van der Waals surface area contributed by atoms with Gasteiger partial charge < -0.3 is 4.90 Å². The van der Waals surface area contributed by atoms with Crippen LogP contribution in [0.4, 0.5) is 0 Å². The van der Waals surface area contributed by atoms with E-state index in [0.29, 0.717) is 11.9 Å². The van der Waals surface area contributed by atoms with Gasteiger partial charge in [0.05, 0.1) is 0 Å². The second kappa shape index (κ2) is 4.38. The van der Waals surface area contributed by atoms with Gasteiger partial charge in [-0.2, -0.15) is 0 Å². The second-order valence-electron chi connectivity index (χ2n) is 5.01. The number of amides is 1. The lowest BCUT2D eigenvalue weighted by Gasteiger charge is -2.29. The zero-order valence-corrected chi connectivity index (χ0v) is 9.78. The summed E-state index contributed by atoms with van der Waals surface area (Å²) in [6.45, 7) is 2.19. The van der Waals surface area contributed by atoms with E-state index >= 15 is 0 Å². The molecule has 2 aliphatic rings. The highest BCUT2D eigenvalue weighted by molar-refractivity contribution is 5.79.